The van der Waals surface area contributed by atoms with Crippen LogP contribution in [0.15, 0.2) is 35.4 Å². The molecule has 0 atom stereocenters. The molecule has 4 aromatic rings. The summed E-state index contributed by atoms with van der Waals surface area (Å²) in [4.78, 5) is 18.3. The minimum atomic E-state index is -0.252. The summed E-state index contributed by atoms with van der Waals surface area (Å²) in [7, 11) is 2.97. The topological polar surface area (TPSA) is 95.0 Å². The summed E-state index contributed by atoms with van der Waals surface area (Å²) in [6.07, 6.45) is 3.95. The molecule has 0 saturated carbocycles. The first-order chi connectivity index (χ1) is 16.8. The van der Waals surface area contributed by atoms with E-state index >= 15 is 0 Å². The molecule has 4 rings (SSSR count). The van der Waals surface area contributed by atoms with Crippen LogP contribution in [0, 0.1) is 18.3 Å². The van der Waals surface area contributed by atoms with Crippen LogP contribution in [0.1, 0.15) is 19.0 Å². The maximum atomic E-state index is 13.7. The fraction of sp³-hybridized carbons (Fsp3) is 0.280. The Morgan fingerprint density at radius 3 is 2.37 bits per heavy atom. The average molecular weight is 512 g/mol. The second-order valence-electron chi connectivity index (χ2n) is 7.82. The molecule has 0 unspecified atom stereocenters. The van der Waals surface area contributed by atoms with Crippen LogP contribution in [0.3, 0.4) is 0 Å². The summed E-state index contributed by atoms with van der Waals surface area (Å²) in [5, 5.41) is 14.5. The molecule has 0 N–H and O–H groups in total. The molecule has 10 heteroatoms. The van der Waals surface area contributed by atoms with Gasteiger partial charge in [0.15, 0.2) is 0 Å². The maximum Gasteiger partial charge on any atom is 0.259 e. The molecule has 0 bridgehead atoms. The molecule has 0 fully saturated rings. The number of hydrogen-bond donors (Lipinski definition) is 0. The first-order valence-electron chi connectivity index (χ1n) is 10.9. The Balaban J connectivity index is 1.93. The maximum absolute atomic E-state index is 13.7. The first-order valence-corrected chi connectivity index (χ1v) is 11.6. The number of fused-ring (bicyclic) bond motifs is 1. The zero-order chi connectivity index (χ0) is 25.3. The van der Waals surface area contributed by atoms with Crippen molar-refractivity contribution in [3.05, 3.63) is 56.7 Å². The minimum Gasteiger partial charge on any atom is -0.495 e. The second kappa shape index (κ2) is 9.98. The number of aromatic nitrogens is 4. The third-order valence-electron chi connectivity index (χ3n) is 5.81. The van der Waals surface area contributed by atoms with Gasteiger partial charge >= 0.3 is 0 Å². The highest BCUT2D eigenvalue weighted by Gasteiger charge is 2.23. The normalized spacial score (nSPS) is 11.0. The third kappa shape index (κ3) is 4.33. The van der Waals surface area contributed by atoms with Gasteiger partial charge in [0.25, 0.3) is 5.56 Å². The summed E-state index contributed by atoms with van der Waals surface area (Å²) in [5.41, 5.74) is 3.45. The molecule has 35 heavy (non-hydrogen) atoms. The van der Waals surface area contributed by atoms with Gasteiger partial charge in [-0.15, -0.1) is 0 Å². The molecule has 0 aliphatic heterocycles. The number of rotatable bonds is 7. The quantitative estimate of drug-likeness (QED) is 0.325. The van der Waals surface area contributed by atoms with Crippen molar-refractivity contribution in [3.8, 4) is 40.0 Å². The Labute approximate surface area is 212 Å². The summed E-state index contributed by atoms with van der Waals surface area (Å²) in [6, 6.07) is 7.31. The fourth-order valence-corrected chi connectivity index (χ4v) is 4.79. The molecule has 1 aromatic carbocycles. The van der Waals surface area contributed by atoms with Gasteiger partial charge in [-0.25, -0.2) is 0 Å². The van der Waals surface area contributed by atoms with E-state index in [4.69, 9.17) is 37.9 Å². The smallest absolute Gasteiger partial charge is 0.259 e. The Bertz CT molecular complexity index is 1510. The highest BCUT2D eigenvalue weighted by atomic mass is 35.5. The van der Waals surface area contributed by atoms with Crippen molar-refractivity contribution in [1.29, 1.82) is 5.26 Å². The largest absolute Gasteiger partial charge is 0.495 e. The van der Waals surface area contributed by atoms with Gasteiger partial charge in [0.1, 0.15) is 11.5 Å². The molecule has 0 aliphatic carbocycles. The van der Waals surface area contributed by atoms with Crippen molar-refractivity contribution in [2.75, 3.05) is 14.2 Å². The molecule has 0 saturated heterocycles. The van der Waals surface area contributed by atoms with E-state index in [-0.39, 0.29) is 15.6 Å². The van der Waals surface area contributed by atoms with Gasteiger partial charge in [0.2, 0.25) is 0 Å². The van der Waals surface area contributed by atoms with Crippen molar-refractivity contribution >= 4 is 34.1 Å². The van der Waals surface area contributed by atoms with E-state index in [1.54, 1.807) is 27.6 Å². The zero-order valence-corrected chi connectivity index (χ0v) is 21.2. The van der Waals surface area contributed by atoms with Crippen LogP contribution >= 0.6 is 23.2 Å². The van der Waals surface area contributed by atoms with Gasteiger partial charge < -0.3 is 14.0 Å². The summed E-state index contributed by atoms with van der Waals surface area (Å²) in [5.74, 6) is 0.700. The first kappa shape index (κ1) is 24.6. The standard InChI is InChI=1S/C25H23Cl2N5O3/c1-5-32-19-10-18(17-13-31(8-6-7-28)30-14(17)2)29-12-15(19)9-16(25(32)33)22-23(26)20(34-3)11-21(35-4)24(22)27/h9-13H,5-6,8H2,1-4H3. The van der Waals surface area contributed by atoms with Gasteiger partial charge in [0.05, 0.1) is 65.8 Å². The average Bonchev–Trinajstić information content (AvgIpc) is 3.23. The van der Waals surface area contributed by atoms with Gasteiger partial charge in [-0.3, -0.25) is 14.5 Å². The predicted molar refractivity (Wildman–Crippen MR) is 136 cm³/mol. The van der Waals surface area contributed by atoms with Crippen LogP contribution in [0.5, 0.6) is 11.5 Å². The Morgan fingerprint density at radius 1 is 1.09 bits per heavy atom. The number of nitriles is 1. The fourth-order valence-electron chi connectivity index (χ4n) is 4.08. The van der Waals surface area contributed by atoms with Crippen molar-refractivity contribution in [2.24, 2.45) is 0 Å². The van der Waals surface area contributed by atoms with Crippen molar-refractivity contribution in [1.82, 2.24) is 19.3 Å². The Kier molecular flexibility index (Phi) is 7.01. The number of pyridine rings is 2. The van der Waals surface area contributed by atoms with Crippen LogP contribution in [0.4, 0.5) is 0 Å². The number of methoxy groups -OCH3 is 2. The van der Waals surface area contributed by atoms with E-state index in [0.717, 1.165) is 22.2 Å². The number of nitrogens with zero attached hydrogens (tertiary/aromatic N) is 5. The Hall–Kier alpha value is -3.54. The van der Waals surface area contributed by atoms with Gasteiger partial charge in [-0.2, -0.15) is 10.4 Å². The summed E-state index contributed by atoms with van der Waals surface area (Å²) >= 11 is 13.2. The van der Waals surface area contributed by atoms with Gasteiger partial charge in [-0.05, 0) is 26.0 Å². The van der Waals surface area contributed by atoms with E-state index in [9.17, 15) is 4.79 Å². The lowest BCUT2D eigenvalue weighted by Crippen LogP contribution is -2.21. The van der Waals surface area contributed by atoms with Gasteiger partial charge in [-0.1, -0.05) is 23.2 Å². The van der Waals surface area contributed by atoms with Crippen LogP contribution in [-0.4, -0.2) is 33.6 Å². The van der Waals surface area contributed by atoms with Crippen LogP contribution in [0.25, 0.3) is 33.3 Å². The monoisotopic (exact) mass is 511 g/mol. The van der Waals surface area contributed by atoms with E-state index in [2.05, 4.69) is 16.2 Å². The predicted octanol–water partition coefficient (Wildman–Crippen LogP) is 5.49. The highest BCUT2D eigenvalue weighted by Crippen LogP contribution is 2.45. The van der Waals surface area contributed by atoms with Crippen LogP contribution in [0.2, 0.25) is 10.0 Å². The SMILES string of the molecule is CCn1c(=O)c(-c2c(Cl)c(OC)cc(OC)c2Cl)cc2cnc(-c3cn(CCC#N)nc3C)cc21. The molecule has 180 valence electrons. The molecule has 0 radical (unpaired) electrons. The number of benzene rings is 1. The van der Waals surface area contributed by atoms with Crippen molar-refractivity contribution in [2.45, 2.75) is 33.4 Å². The lowest BCUT2D eigenvalue weighted by Gasteiger charge is -2.17. The minimum absolute atomic E-state index is 0.224. The molecule has 8 nitrogen and oxygen atoms in total. The third-order valence-corrected chi connectivity index (χ3v) is 6.56. The molecule has 0 spiro atoms. The lowest BCUT2D eigenvalue weighted by molar-refractivity contribution is 0.395. The number of ether oxygens (including phenoxy) is 2. The summed E-state index contributed by atoms with van der Waals surface area (Å²) < 4.78 is 14.1. The summed E-state index contributed by atoms with van der Waals surface area (Å²) in [6.45, 7) is 4.70. The van der Waals surface area contributed by atoms with Crippen molar-refractivity contribution < 1.29 is 9.47 Å². The van der Waals surface area contributed by atoms with E-state index in [1.165, 1.54) is 14.2 Å². The zero-order valence-electron chi connectivity index (χ0n) is 19.7. The second-order valence-corrected chi connectivity index (χ2v) is 8.58. The molecular weight excluding hydrogens is 489 g/mol. The van der Waals surface area contributed by atoms with E-state index in [1.807, 2.05) is 26.1 Å². The van der Waals surface area contributed by atoms with Crippen LogP contribution < -0.4 is 15.0 Å². The van der Waals surface area contributed by atoms with Crippen molar-refractivity contribution in [3.63, 3.8) is 0 Å². The number of halogens is 2. The molecule has 3 heterocycles. The van der Waals surface area contributed by atoms with Crippen LogP contribution in [-0.2, 0) is 13.1 Å². The van der Waals surface area contributed by atoms with E-state index < -0.39 is 0 Å². The Morgan fingerprint density at radius 2 is 1.77 bits per heavy atom. The van der Waals surface area contributed by atoms with Gasteiger partial charge in [0, 0.05) is 41.5 Å². The molecule has 0 aliphatic rings. The lowest BCUT2D eigenvalue weighted by atomic mass is 10.0. The highest BCUT2D eigenvalue weighted by molar-refractivity contribution is 6.41. The molecular formula is C25H23Cl2N5O3. The number of hydrogen-bond acceptors (Lipinski definition) is 6. The molecule has 3 aromatic heterocycles. The number of aryl methyl sites for hydroxylation is 3. The van der Waals surface area contributed by atoms with E-state index in [0.29, 0.717) is 47.8 Å². The molecule has 0 amide bonds.